The van der Waals surface area contributed by atoms with Crippen LogP contribution in [0.4, 0.5) is 5.13 Å². The van der Waals surface area contributed by atoms with Crippen molar-refractivity contribution in [3.05, 3.63) is 76.4 Å². The van der Waals surface area contributed by atoms with Gasteiger partial charge in [-0.05, 0) is 30.2 Å². The normalized spacial score (nSPS) is 17.2. The highest BCUT2D eigenvalue weighted by molar-refractivity contribution is 7.13. The van der Waals surface area contributed by atoms with Crippen LogP contribution in [-0.2, 0) is 4.79 Å². The number of hydrogen-bond donors (Lipinski definition) is 1. The number of nitrogens with zero attached hydrogens (tertiary/aromatic N) is 3. The summed E-state index contributed by atoms with van der Waals surface area (Å²) in [5, 5.41) is 18.5. The zero-order valence-corrected chi connectivity index (χ0v) is 14.4. The molecule has 4 rings (SSSR count). The summed E-state index contributed by atoms with van der Waals surface area (Å²) in [6.45, 7) is 1.88. The van der Waals surface area contributed by atoms with Crippen LogP contribution in [-0.4, -0.2) is 27.0 Å². The standard InChI is InChI=1S/C18H13N3O4S/c1-10-5-2-3-6-11(10)14-13(15(22)12-7-4-8-25-12)16(23)17(24)21(14)18-20-19-9-26-18/h2-9,14,23H,1H3. The molecule has 1 aliphatic rings. The second kappa shape index (κ2) is 6.23. The third-order valence-corrected chi connectivity index (χ3v) is 4.92. The average molecular weight is 367 g/mol. The molecule has 130 valence electrons. The third-order valence-electron chi connectivity index (χ3n) is 4.24. The van der Waals surface area contributed by atoms with E-state index in [0.29, 0.717) is 5.13 Å². The number of carbonyl (C=O) groups excluding carboxylic acids is 2. The highest BCUT2D eigenvalue weighted by Crippen LogP contribution is 2.43. The van der Waals surface area contributed by atoms with Gasteiger partial charge in [0.25, 0.3) is 5.91 Å². The van der Waals surface area contributed by atoms with Crippen molar-refractivity contribution in [1.82, 2.24) is 10.2 Å². The third kappa shape index (κ3) is 2.42. The second-order valence-corrected chi connectivity index (χ2v) is 6.54. The number of aliphatic hydroxyl groups is 1. The maximum atomic E-state index is 13.0. The summed E-state index contributed by atoms with van der Waals surface area (Å²) in [5.74, 6) is -1.78. The van der Waals surface area contributed by atoms with Gasteiger partial charge in [-0.1, -0.05) is 35.6 Å². The van der Waals surface area contributed by atoms with Crippen molar-refractivity contribution in [3.8, 4) is 0 Å². The monoisotopic (exact) mass is 367 g/mol. The van der Waals surface area contributed by atoms with Gasteiger partial charge >= 0.3 is 0 Å². The lowest BCUT2D eigenvalue weighted by Crippen LogP contribution is -2.31. The van der Waals surface area contributed by atoms with Crippen molar-refractivity contribution >= 4 is 28.2 Å². The lowest BCUT2D eigenvalue weighted by atomic mass is 9.92. The number of ketones is 1. The summed E-state index contributed by atoms with van der Waals surface area (Å²) in [5.41, 5.74) is 3.05. The molecule has 1 unspecified atom stereocenters. The molecule has 0 aliphatic carbocycles. The Morgan fingerprint density at radius 1 is 1.27 bits per heavy atom. The predicted octanol–water partition coefficient (Wildman–Crippen LogP) is 3.22. The molecule has 8 heteroatoms. The van der Waals surface area contributed by atoms with Crippen molar-refractivity contribution in [3.63, 3.8) is 0 Å². The van der Waals surface area contributed by atoms with E-state index in [-0.39, 0.29) is 11.3 Å². The minimum atomic E-state index is -0.811. The highest BCUT2D eigenvalue weighted by Gasteiger charge is 2.46. The largest absolute Gasteiger partial charge is 0.503 e. The summed E-state index contributed by atoms with van der Waals surface area (Å²) in [7, 11) is 0. The van der Waals surface area contributed by atoms with E-state index in [4.69, 9.17) is 4.42 Å². The van der Waals surface area contributed by atoms with E-state index in [1.165, 1.54) is 22.7 Å². The lowest BCUT2D eigenvalue weighted by molar-refractivity contribution is -0.117. The average Bonchev–Trinajstić information content (AvgIpc) is 3.37. The van der Waals surface area contributed by atoms with Gasteiger partial charge in [-0.15, -0.1) is 10.2 Å². The summed E-state index contributed by atoms with van der Waals surface area (Å²) < 4.78 is 5.18. The Kier molecular flexibility index (Phi) is 3.89. The molecule has 3 heterocycles. The van der Waals surface area contributed by atoms with Gasteiger partial charge in [-0.2, -0.15) is 0 Å². The van der Waals surface area contributed by atoms with Crippen molar-refractivity contribution < 1.29 is 19.1 Å². The molecule has 0 fully saturated rings. The van der Waals surface area contributed by atoms with Crippen LogP contribution in [0.3, 0.4) is 0 Å². The van der Waals surface area contributed by atoms with Crippen LogP contribution in [0.15, 0.2) is 63.9 Å². The molecule has 2 aromatic heterocycles. The van der Waals surface area contributed by atoms with Crippen LogP contribution in [0, 0.1) is 6.92 Å². The Hall–Kier alpha value is -3.26. The summed E-state index contributed by atoms with van der Waals surface area (Å²) in [4.78, 5) is 27.0. The molecule has 0 spiro atoms. The summed E-state index contributed by atoms with van der Waals surface area (Å²) >= 11 is 1.15. The Labute approximate surface area is 152 Å². The number of hydrogen-bond acceptors (Lipinski definition) is 7. The van der Waals surface area contributed by atoms with Gasteiger partial charge in [0.05, 0.1) is 17.9 Å². The number of anilines is 1. The number of furan rings is 1. The molecule has 0 saturated heterocycles. The molecule has 26 heavy (non-hydrogen) atoms. The number of Topliss-reactive ketones (excluding diaryl/α,β-unsaturated/α-hetero) is 1. The molecule has 1 N–H and O–H groups in total. The summed E-state index contributed by atoms with van der Waals surface area (Å²) in [6, 6.07) is 9.63. The quantitative estimate of drug-likeness (QED) is 0.711. The fourth-order valence-electron chi connectivity index (χ4n) is 3.04. The molecule has 1 aromatic carbocycles. The Morgan fingerprint density at radius 3 is 2.73 bits per heavy atom. The first-order valence-electron chi connectivity index (χ1n) is 7.76. The Morgan fingerprint density at radius 2 is 2.08 bits per heavy atom. The van der Waals surface area contributed by atoms with Crippen LogP contribution < -0.4 is 4.90 Å². The van der Waals surface area contributed by atoms with Gasteiger partial charge in [-0.25, -0.2) is 0 Å². The van der Waals surface area contributed by atoms with Crippen LogP contribution in [0.25, 0.3) is 0 Å². The van der Waals surface area contributed by atoms with Gasteiger partial charge in [-0.3, -0.25) is 14.5 Å². The van der Waals surface area contributed by atoms with Crippen LogP contribution >= 0.6 is 11.3 Å². The number of aromatic nitrogens is 2. The number of rotatable bonds is 4. The molecule has 1 atom stereocenters. The van der Waals surface area contributed by atoms with Gasteiger partial charge in [0, 0.05) is 0 Å². The van der Waals surface area contributed by atoms with Crippen molar-refractivity contribution in [1.29, 1.82) is 0 Å². The number of amides is 1. The van der Waals surface area contributed by atoms with Gasteiger partial charge in [0.2, 0.25) is 10.9 Å². The van der Waals surface area contributed by atoms with Crippen molar-refractivity contribution in [2.45, 2.75) is 13.0 Å². The van der Waals surface area contributed by atoms with Crippen molar-refractivity contribution in [2.24, 2.45) is 0 Å². The van der Waals surface area contributed by atoms with E-state index < -0.39 is 23.5 Å². The van der Waals surface area contributed by atoms with E-state index in [2.05, 4.69) is 10.2 Å². The second-order valence-electron chi connectivity index (χ2n) is 5.72. The maximum absolute atomic E-state index is 13.0. The number of aryl methyl sites for hydroxylation is 1. The highest BCUT2D eigenvalue weighted by atomic mass is 32.1. The molecule has 1 amide bonds. The fourth-order valence-corrected chi connectivity index (χ4v) is 3.62. The van der Waals surface area contributed by atoms with E-state index in [1.807, 2.05) is 31.2 Å². The van der Waals surface area contributed by atoms with Gasteiger partial charge < -0.3 is 9.52 Å². The zero-order valence-electron chi connectivity index (χ0n) is 13.6. The van der Waals surface area contributed by atoms with Crippen LogP contribution in [0.1, 0.15) is 27.7 Å². The summed E-state index contributed by atoms with van der Waals surface area (Å²) in [6.07, 6.45) is 1.37. The number of carbonyl (C=O) groups is 2. The zero-order chi connectivity index (χ0) is 18.3. The van der Waals surface area contributed by atoms with Crippen LogP contribution in [0.5, 0.6) is 0 Å². The number of aliphatic hydroxyl groups excluding tert-OH is 1. The SMILES string of the molecule is Cc1ccccc1C1C(C(=O)c2ccco2)=C(O)C(=O)N1c1nncs1. The van der Waals surface area contributed by atoms with E-state index in [9.17, 15) is 14.7 Å². The van der Waals surface area contributed by atoms with E-state index in [1.54, 1.807) is 6.07 Å². The smallest absolute Gasteiger partial charge is 0.296 e. The predicted molar refractivity (Wildman–Crippen MR) is 94.0 cm³/mol. The molecule has 0 saturated carbocycles. The minimum absolute atomic E-state index is 0.0329. The van der Waals surface area contributed by atoms with E-state index in [0.717, 1.165) is 22.5 Å². The Bertz CT molecular complexity index is 1010. The molecule has 3 aromatic rings. The fraction of sp³-hybridized carbons (Fsp3) is 0.111. The van der Waals surface area contributed by atoms with Crippen LogP contribution in [0.2, 0.25) is 0 Å². The molecule has 7 nitrogen and oxygen atoms in total. The first kappa shape index (κ1) is 16.2. The van der Waals surface area contributed by atoms with Gasteiger partial charge in [0.15, 0.2) is 11.5 Å². The van der Waals surface area contributed by atoms with Gasteiger partial charge in [0.1, 0.15) is 5.51 Å². The van der Waals surface area contributed by atoms with Crippen molar-refractivity contribution in [2.75, 3.05) is 4.90 Å². The topological polar surface area (TPSA) is 96.5 Å². The molecule has 1 aliphatic heterocycles. The minimum Gasteiger partial charge on any atom is -0.503 e. The number of benzene rings is 1. The molecule has 0 radical (unpaired) electrons. The molecular formula is C18H13N3O4S. The molecule has 0 bridgehead atoms. The first-order valence-corrected chi connectivity index (χ1v) is 8.64. The Balaban J connectivity index is 1.91. The maximum Gasteiger partial charge on any atom is 0.296 e. The van der Waals surface area contributed by atoms with E-state index >= 15 is 0 Å². The lowest BCUT2D eigenvalue weighted by Gasteiger charge is -2.25. The molecular weight excluding hydrogens is 354 g/mol. The first-order chi connectivity index (χ1) is 12.6.